The van der Waals surface area contributed by atoms with Crippen LogP contribution < -0.4 is 10.5 Å². The maximum atomic E-state index is 12.1. The second kappa shape index (κ2) is 6.28. The third-order valence-electron chi connectivity index (χ3n) is 2.39. The van der Waals surface area contributed by atoms with E-state index < -0.39 is 16.0 Å². The lowest BCUT2D eigenvalue weighted by Gasteiger charge is -2.14. The number of carbonyl (C=O) groups is 1. The molecule has 8 heteroatoms. The van der Waals surface area contributed by atoms with Crippen LogP contribution in [0.3, 0.4) is 0 Å². The Morgan fingerprint density at radius 1 is 1.61 bits per heavy atom. The average Bonchev–Trinajstić information content (AvgIpc) is 2.85. The first kappa shape index (κ1) is 15.1. The number of esters is 1. The maximum absolute atomic E-state index is 12.1. The number of methoxy groups -OCH3 is 1. The van der Waals surface area contributed by atoms with Gasteiger partial charge in [0.1, 0.15) is 9.77 Å². The van der Waals surface area contributed by atoms with Gasteiger partial charge in [-0.25, -0.2) is 17.9 Å². The van der Waals surface area contributed by atoms with E-state index in [1.54, 1.807) is 0 Å². The first-order valence-corrected chi connectivity index (χ1v) is 7.70. The molecule has 1 atom stereocenters. The van der Waals surface area contributed by atoms with Crippen LogP contribution in [-0.4, -0.2) is 34.1 Å². The lowest BCUT2D eigenvalue weighted by atomic mass is 10.2. The Morgan fingerprint density at radius 2 is 2.28 bits per heavy atom. The van der Waals surface area contributed by atoms with E-state index in [0.29, 0.717) is 6.42 Å². The zero-order chi connectivity index (χ0) is 13.8. The summed E-state index contributed by atoms with van der Waals surface area (Å²) in [5.41, 5.74) is 5.45. The van der Waals surface area contributed by atoms with Crippen molar-refractivity contribution < 1.29 is 17.9 Å². The van der Waals surface area contributed by atoms with Gasteiger partial charge in [-0.05, 0) is 17.9 Å². The second-order valence-corrected chi connectivity index (χ2v) is 6.17. The normalized spacial score (nSPS) is 13.3. The maximum Gasteiger partial charge on any atom is 0.349 e. The molecule has 0 saturated carbocycles. The van der Waals surface area contributed by atoms with Crippen molar-refractivity contribution in [2.24, 2.45) is 5.73 Å². The van der Waals surface area contributed by atoms with Gasteiger partial charge >= 0.3 is 5.97 Å². The molecule has 1 aromatic heterocycles. The van der Waals surface area contributed by atoms with Gasteiger partial charge in [0.25, 0.3) is 0 Å². The van der Waals surface area contributed by atoms with Gasteiger partial charge in [-0.3, -0.25) is 0 Å². The Balaban J connectivity index is 3.06. The summed E-state index contributed by atoms with van der Waals surface area (Å²) in [7, 11) is -2.54. The predicted molar refractivity (Wildman–Crippen MR) is 69.1 cm³/mol. The molecular formula is C10H16N2O4S2. The average molecular weight is 292 g/mol. The summed E-state index contributed by atoms with van der Waals surface area (Å²) in [6.45, 7) is 2.03. The van der Waals surface area contributed by atoms with E-state index >= 15 is 0 Å². The number of nitrogens with two attached hydrogens (primary N) is 1. The second-order valence-electron chi connectivity index (χ2n) is 3.57. The van der Waals surface area contributed by atoms with Crippen LogP contribution in [0.25, 0.3) is 0 Å². The Kier molecular flexibility index (Phi) is 5.27. The Bertz CT molecular complexity index is 506. The van der Waals surface area contributed by atoms with Gasteiger partial charge in [-0.2, -0.15) is 0 Å². The number of carbonyl (C=O) groups excluding carboxylic acids is 1. The molecule has 6 nitrogen and oxygen atoms in total. The fourth-order valence-corrected chi connectivity index (χ4v) is 4.00. The molecule has 0 aromatic carbocycles. The van der Waals surface area contributed by atoms with Gasteiger partial charge in [0.05, 0.1) is 7.11 Å². The third-order valence-corrected chi connectivity index (χ3v) is 4.98. The Labute approximate surface area is 110 Å². The van der Waals surface area contributed by atoms with E-state index in [9.17, 15) is 13.2 Å². The van der Waals surface area contributed by atoms with Gasteiger partial charge in [-0.1, -0.05) is 6.92 Å². The van der Waals surface area contributed by atoms with Crippen LogP contribution in [0.4, 0.5) is 0 Å². The van der Waals surface area contributed by atoms with Crippen LogP contribution in [0.15, 0.2) is 16.3 Å². The van der Waals surface area contributed by atoms with Crippen LogP contribution >= 0.6 is 11.3 Å². The molecule has 1 aromatic rings. The molecule has 0 bridgehead atoms. The standard InChI is InChI=1S/C10H16N2O4S2/c1-3-7(6-11)12-18(14,15)8-4-5-17-9(8)10(13)16-2/h4-5,7,12H,3,6,11H2,1-2H3. The SMILES string of the molecule is CCC(CN)NS(=O)(=O)c1ccsc1C(=O)OC. The fourth-order valence-electron chi connectivity index (χ4n) is 1.33. The summed E-state index contributed by atoms with van der Waals surface area (Å²) in [4.78, 5) is 11.4. The number of nitrogens with one attached hydrogen (secondary N) is 1. The Morgan fingerprint density at radius 3 is 2.78 bits per heavy atom. The zero-order valence-electron chi connectivity index (χ0n) is 10.2. The molecule has 1 rings (SSSR count). The predicted octanol–water partition coefficient (Wildman–Crippen LogP) is 0.550. The minimum Gasteiger partial charge on any atom is -0.465 e. The van der Waals surface area contributed by atoms with Crippen LogP contribution in [-0.2, 0) is 14.8 Å². The van der Waals surface area contributed by atoms with Gasteiger partial charge in [0, 0.05) is 12.6 Å². The largest absolute Gasteiger partial charge is 0.465 e. The van der Waals surface area contributed by atoms with Crippen LogP contribution in [0.5, 0.6) is 0 Å². The third kappa shape index (κ3) is 3.29. The fraction of sp³-hybridized carbons (Fsp3) is 0.500. The molecule has 3 N–H and O–H groups in total. The van der Waals surface area contributed by atoms with Crippen molar-refractivity contribution >= 4 is 27.3 Å². The summed E-state index contributed by atoms with van der Waals surface area (Å²) in [6.07, 6.45) is 0.577. The molecule has 102 valence electrons. The number of hydrogen-bond donors (Lipinski definition) is 2. The molecule has 0 radical (unpaired) electrons. The van der Waals surface area contributed by atoms with Crippen LogP contribution in [0, 0.1) is 0 Å². The van der Waals surface area contributed by atoms with Crippen molar-refractivity contribution in [1.82, 2.24) is 4.72 Å². The highest BCUT2D eigenvalue weighted by molar-refractivity contribution is 7.89. The smallest absolute Gasteiger partial charge is 0.349 e. The molecular weight excluding hydrogens is 276 g/mol. The molecule has 0 spiro atoms. The van der Waals surface area contributed by atoms with Crippen molar-refractivity contribution in [1.29, 1.82) is 0 Å². The summed E-state index contributed by atoms with van der Waals surface area (Å²) in [5.74, 6) is -0.661. The van der Waals surface area contributed by atoms with Gasteiger partial charge in [0.2, 0.25) is 10.0 Å². The molecule has 0 amide bonds. The highest BCUT2D eigenvalue weighted by Gasteiger charge is 2.26. The van der Waals surface area contributed by atoms with E-state index in [0.717, 1.165) is 11.3 Å². The molecule has 0 saturated heterocycles. The van der Waals surface area contributed by atoms with Gasteiger partial charge in [-0.15, -0.1) is 11.3 Å². The summed E-state index contributed by atoms with van der Waals surface area (Å²) in [6, 6.07) is 1.03. The summed E-state index contributed by atoms with van der Waals surface area (Å²) in [5, 5.41) is 1.53. The van der Waals surface area contributed by atoms with E-state index in [2.05, 4.69) is 9.46 Å². The zero-order valence-corrected chi connectivity index (χ0v) is 11.8. The molecule has 1 unspecified atom stereocenters. The van der Waals surface area contributed by atoms with Crippen molar-refractivity contribution in [3.63, 3.8) is 0 Å². The molecule has 0 aliphatic carbocycles. The first-order valence-electron chi connectivity index (χ1n) is 5.34. The molecule has 0 aliphatic heterocycles. The molecule has 1 heterocycles. The van der Waals surface area contributed by atoms with Gasteiger partial charge in [0.15, 0.2) is 0 Å². The minimum atomic E-state index is -3.75. The van der Waals surface area contributed by atoms with E-state index in [4.69, 9.17) is 5.73 Å². The highest BCUT2D eigenvalue weighted by Crippen LogP contribution is 2.22. The highest BCUT2D eigenvalue weighted by atomic mass is 32.2. The first-order chi connectivity index (χ1) is 8.46. The minimum absolute atomic E-state index is 0.0637. The quantitative estimate of drug-likeness (QED) is 0.746. The number of thiophene rings is 1. The van der Waals surface area contributed by atoms with Crippen LogP contribution in [0.2, 0.25) is 0 Å². The lowest BCUT2D eigenvalue weighted by molar-refractivity contribution is 0.0602. The van der Waals surface area contributed by atoms with Crippen molar-refractivity contribution in [3.05, 3.63) is 16.3 Å². The van der Waals surface area contributed by atoms with Gasteiger partial charge < -0.3 is 10.5 Å². The molecule has 0 aliphatic rings. The van der Waals surface area contributed by atoms with Crippen molar-refractivity contribution in [2.45, 2.75) is 24.3 Å². The topological polar surface area (TPSA) is 98.5 Å². The number of ether oxygens (including phenoxy) is 1. The monoisotopic (exact) mass is 292 g/mol. The van der Waals surface area contributed by atoms with E-state index in [1.165, 1.54) is 18.6 Å². The number of sulfonamides is 1. The van der Waals surface area contributed by atoms with E-state index in [-0.39, 0.29) is 22.4 Å². The number of rotatable bonds is 6. The summed E-state index contributed by atoms with van der Waals surface area (Å²) < 4.78 is 31.2. The van der Waals surface area contributed by atoms with Crippen molar-refractivity contribution in [3.8, 4) is 0 Å². The lowest BCUT2D eigenvalue weighted by Crippen LogP contribution is -2.39. The molecule has 0 fully saturated rings. The summed E-state index contributed by atoms with van der Waals surface area (Å²) >= 11 is 1.03. The van der Waals surface area contributed by atoms with Crippen LogP contribution in [0.1, 0.15) is 23.0 Å². The van der Waals surface area contributed by atoms with E-state index in [1.807, 2.05) is 6.92 Å². The molecule has 18 heavy (non-hydrogen) atoms. The number of hydrogen-bond acceptors (Lipinski definition) is 6. The van der Waals surface area contributed by atoms with Crippen molar-refractivity contribution in [2.75, 3.05) is 13.7 Å². The Hall–Kier alpha value is -0.960.